The minimum Gasteiger partial charge on any atom is -0.493 e. The minimum absolute atomic E-state index is 0.000965. The van der Waals surface area contributed by atoms with Gasteiger partial charge in [-0.2, -0.15) is 13.2 Å². The first-order valence-electron chi connectivity index (χ1n) is 9.58. The maximum Gasteiger partial charge on any atom is 0.420 e. The maximum absolute atomic E-state index is 13.4. The van der Waals surface area contributed by atoms with Crippen LogP contribution >= 0.6 is 12.2 Å². The molecule has 0 unspecified atom stereocenters. The predicted molar refractivity (Wildman–Crippen MR) is 114 cm³/mol. The number of nitrogens with zero attached hydrogens (tertiary/aromatic N) is 1. The first kappa shape index (κ1) is 22.5. The number of aromatic nitrogens is 1. The van der Waals surface area contributed by atoms with E-state index >= 15 is 0 Å². The number of carbonyl (C=O) groups is 1. The van der Waals surface area contributed by atoms with E-state index in [1.54, 1.807) is 6.07 Å². The van der Waals surface area contributed by atoms with Gasteiger partial charge in [-0.05, 0) is 49.0 Å². The number of thiocarbonyl (C=S) groups is 1. The van der Waals surface area contributed by atoms with Gasteiger partial charge in [-0.25, -0.2) is 0 Å². The Morgan fingerprint density at radius 2 is 2.03 bits per heavy atom. The number of halogens is 3. The molecular weight excluding hydrogens is 431 g/mol. The van der Waals surface area contributed by atoms with Crippen LogP contribution in [0.5, 0.6) is 5.75 Å². The van der Waals surface area contributed by atoms with E-state index in [1.165, 1.54) is 30.6 Å². The van der Waals surface area contributed by atoms with Gasteiger partial charge in [0, 0.05) is 23.5 Å². The molecule has 0 saturated heterocycles. The van der Waals surface area contributed by atoms with Gasteiger partial charge in [0.1, 0.15) is 11.3 Å². The van der Waals surface area contributed by atoms with Crippen molar-refractivity contribution in [2.75, 3.05) is 11.9 Å². The minimum atomic E-state index is -4.61. The zero-order valence-corrected chi connectivity index (χ0v) is 17.4. The summed E-state index contributed by atoms with van der Waals surface area (Å²) in [5.74, 6) is -0.889. The molecule has 2 N–H and O–H groups in total. The Bertz CT molecular complexity index is 1050. The monoisotopic (exact) mass is 451 g/mol. The Morgan fingerprint density at radius 3 is 2.74 bits per heavy atom. The fourth-order valence-electron chi connectivity index (χ4n) is 2.81. The normalized spacial score (nSPS) is 11.4. The van der Waals surface area contributed by atoms with Gasteiger partial charge in [0.05, 0.1) is 12.2 Å². The van der Waals surface area contributed by atoms with Crippen LogP contribution in [-0.4, -0.2) is 22.6 Å². The predicted octanol–water partition coefficient (Wildman–Crippen LogP) is 5.54. The van der Waals surface area contributed by atoms with Gasteiger partial charge in [0.2, 0.25) is 0 Å². The summed E-state index contributed by atoms with van der Waals surface area (Å²) in [4.78, 5) is 16.2. The molecule has 0 fully saturated rings. The van der Waals surface area contributed by atoms with Crippen LogP contribution in [0.3, 0.4) is 0 Å². The van der Waals surface area contributed by atoms with Crippen LogP contribution in [0.2, 0.25) is 0 Å². The smallest absolute Gasteiger partial charge is 0.420 e. The summed E-state index contributed by atoms with van der Waals surface area (Å²) in [5.41, 5.74) is -0.386. The third-order valence-corrected chi connectivity index (χ3v) is 4.52. The van der Waals surface area contributed by atoms with E-state index in [1.807, 2.05) is 6.92 Å². The average molecular weight is 451 g/mol. The van der Waals surface area contributed by atoms with Gasteiger partial charge in [0.25, 0.3) is 5.91 Å². The van der Waals surface area contributed by atoms with E-state index in [-0.39, 0.29) is 28.9 Å². The summed E-state index contributed by atoms with van der Waals surface area (Å²) in [6.45, 7) is 2.19. The van der Waals surface area contributed by atoms with Crippen molar-refractivity contribution in [1.29, 1.82) is 0 Å². The number of carbonyl (C=O) groups excluding carboxylic acids is 1. The molecule has 0 aliphatic heterocycles. The van der Waals surface area contributed by atoms with E-state index in [4.69, 9.17) is 21.4 Å². The van der Waals surface area contributed by atoms with E-state index in [0.29, 0.717) is 17.4 Å². The standard InChI is InChI=1S/C21H20F3N3O3S/c1-2-3-4-9-29-17-6-5-14(11-15(17)21(22,23)24)26-20(31)27-19(28)18-10-13-12-25-8-7-16(13)30-18/h5-8,10-12H,2-4,9H2,1H3,(H2,26,27,28,31). The molecule has 1 aromatic carbocycles. The number of benzene rings is 1. The molecule has 1 amide bonds. The van der Waals surface area contributed by atoms with Crippen molar-refractivity contribution >= 4 is 39.9 Å². The number of hydrogen-bond donors (Lipinski definition) is 2. The number of furan rings is 1. The molecule has 3 aromatic rings. The third kappa shape index (κ3) is 5.94. The van der Waals surface area contributed by atoms with E-state index in [2.05, 4.69) is 15.6 Å². The van der Waals surface area contributed by atoms with Crippen molar-refractivity contribution in [3.05, 3.63) is 54.0 Å². The molecule has 2 heterocycles. The number of pyridine rings is 1. The molecule has 31 heavy (non-hydrogen) atoms. The highest BCUT2D eigenvalue weighted by molar-refractivity contribution is 7.80. The number of nitrogens with one attached hydrogen (secondary N) is 2. The van der Waals surface area contributed by atoms with Crippen LogP contribution in [0.1, 0.15) is 42.3 Å². The van der Waals surface area contributed by atoms with Crippen molar-refractivity contribution in [3.63, 3.8) is 0 Å². The van der Waals surface area contributed by atoms with Gasteiger partial charge in [-0.1, -0.05) is 19.8 Å². The molecule has 0 saturated carbocycles. The number of fused-ring (bicyclic) bond motifs is 1. The zero-order valence-electron chi connectivity index (χ0n) is 16.6. The van der Waals surface area contributed by atoms with Crippen molar-refractivity contribution in [2.45, 2.75) is 32.4 Å². The second kappa shape index (κ2) is 9.78. The first-order chi connectivity index (χ1) is 14.8. The van der Waals surface area contributed by atoms with Gasteiger partial charge in [-0.15, -0.1) is 0 Å². The van der Waals surface area contributed by atoms with Crippen LogP contribution < -0.4 is 15.4 Å². The fraction of sp³-hybridized carbons (Fsp3) is 0.286. The summed E-state index contributed by atoms with van der Waals surface area (Å²) >= 11 is 5.05. The molecule has 10 heteroatoms. The molecule has 0 atom stereocenters. The molecule has 0 bridgehead atoms. The second-order valence-corrected chi connectivity index (χ2v) is 7.10. The van der Waals surface area contributed by atoms with Crippen LogP contribution in [0, 0.1) is 0 Å². The zero-order chi connectivity index (χ0) is 22.4. The third-order valence-electron chi connectivity index (χ3n) is 4.32. The Labute approximate surface area is 181 Å². The van der Waals surface area contributed by atoms with Crippen molar-refractivity contribution in [1.82, 2.24) is 10.3 Å². The Morgan fingerprint density at radius 1 is 1.23 bits per heavy atom. The summed E-state index contributed by atoms with van der Waals surface area (Å²) in [7, 11) is 0. The lowest BCUT2D eigenvalue weighted by Crippen LogP contribution is -2.34. The van der Waals surface area contributed by atoms with Crippen molar-refractivity contribution < 1.29 is 27.1 Å². The lowest BCUT2D eigenvalue weighted by Gasteiger charge is -2.16. The van der Waals surface area contributed by atoms with Gasteiger partial charge in [0.15, 0.2) is 10.9 Å². The Kier molecular flexibility index (Phi) is 7.11. The summed E-state index contributed by atoms with van der Waals surface area (Å²) in [6.07, 6.45) is 0.932. The molecule has 0 radical (unpaired) electrons. The van der Waals surface area contributed by atoms with Crippen LogP contribution in [0.15, 0.2) is 47.1 Å². The highest BCUT2D eigenvalue weighted by Crippen LogP contribution is 2.38. The largest absolute Gasteiger partial charge is 0.493 e. The van der Waals surface area contributed by atoms with Gasteiger partial charge in [-0.3, -0.25) is 15.1 Å². The molecule has 164 valence electrons. The fourth-order valence-corrected chi connectivity index (χ4v) is 3.02. The van der Waals surface area contributed by atoms with Crippen LogP contribution in [0.4, 0.5) is 18.9 Å². The molecule has 0 aliphatic carbocycles. The topological polar surface area (TPSA) is 76.4 Å². The highest BCUT2D eigenvalue weighted by atomic mass is 32.1. The van der Waals surface area contributed by atoms with Crippen molar-refractivity contribution in [3.8, 4) is 5.75 Å². The van der Waals surface area contributed by atoms with E-state index in [0.717, 1.165) is 18.9 Å². The number of amides is 1. The Hall–Kier alpha value is -3.14. The maximum atomic E-state index is 13.4. The van der Waals surface area contributed by atoms with Gasteiger partial charge < -0.3 is 14.5 Å². The van der Waals surface area contributed by atoms with Crippen molar-refractivity contribution in [2.24, 2.45) is 0 Å². The van der Waals surface area contributed by atoms with E-state index in [9.17, 15) is 18.0 Å². The number of hydrogen-bond acceptors (Lipinski definition) is 5. The summed E-state index contributed by atoms with van der Waals surface area (Å²) in [5, 5.41) is 5.43. The highest BCUT2D eigenvalue weighted by Gasteiger charge is 2.34. The molecular formula is C21H20F3N3O3S. The molecule has 0 aliphatic rings. The summed E-state index contributed by atoms with van der Waals surface area (Å²) < 4.78 is 51.1. The van der Waals surface area contributed by atoms with Crippen LogP contribution in [0.25, 0.3) is 11.0 Å². The molecule has 6 nitrogen and oxygen atoms in total. The summed E-state index contributed by atoms with van der Waals surface area (Å²) in [6, 6.07) is 6.61. The Balaban J connectivity index is 1.67. The lowest BCUT2D eigenvalue weighted by atomic mass is 10.1. The number of ether oxygens (including phenoxy) is 1. The first-order valence-corrected chi connectivity index (χ1v) is 9.98. The molecule has 3 rings (SSSR count). The lowest BCUT2D eigenvalue weighted by molar-refractivity contribution is -0.138. The average Bonchev–Trinajstić information content (AvgIpc) is 3.15. The molecule has 0 spiro atoms. The SMILES string of the molecule is CCCCCOc1ccc(NC(=S)NC(=O)c2cc3cnccc3o2)cc1C(F)(F)F. The van der Waals surface area contributed by atoms with Gasteiger partial charge >= 0.3 is 6.18 Å². The van der Waals surface area contributed by atoms with Crippen LogP contribution in [-0.2, 0) is 6.18 Å². The number of anilines is 1. The molecule has 2 aromatic heterocycles. The second-order valence-electron chi connectivity index (χ2n) is 6.70. The number of rotatable bonds is 7. The number of unbranched alkanes of at least 4 members (excludes halogenated alkanes) is 2. The number of alkyl halides is 3. The van der Waals surface area contributed by atoms with E-state index < -0.39 is 17.6 Å². The quantitative estimate of drug-likeness (QED) is 0.363.